The highest BCUT2D eigenvalue weighted by Gasteiger charge is 2.25. The number of nitrogens with one attached hydrogen (secondary N) is 1. The Morgan fingerprint density at radius 2 is 1.86 bits per heavy atom. The van der Waals surface area contributed by atoms with Gasteiger partial charge in [-0.1, -0.05) is 25.3 Å². The van der Waals surface area contributed by atoms with Gasteiger partial charge in [-0.15, -0.1) is 0 Å². The van der Waals surface area contributed by atoms with Crippen LogP contribution in [0.4, 0.5) is 5.69 Å². The number of piperazine rings is 1. The average Bonchev–Trinajstić information content (AvgIpc) is 3.19. The van der Waals surface area contributed by atoms with Crippen LogP contribution in [0.5, 0.6) is 0 Å². The third-order valence-electron chi connectivity index (χ3n) is 5.84. The van der Waals surface area contributed by atoms with Crippen LogP contribution in [0.1, 0.15) is 38.5 Å². The zero-order valence-corrected chi connectivity index (χ0v) is 16.9. The molecule has 0 unspecified atom stereocenters. The number of benzene rings is 1. The largest absolute Gasteiger partial charge is 0.340 e. The van der Waals surface area contributed by atoms with E-state index in [-0.39, 0.29) is 5.91 Å². The van der Waals surface area contributed by atoms with Gasteiger partial charge in [0, 0.05) is 32.6 Å². The van der Waals surface area contributed by atoms with Gasteiger partial charge in [-0.25, -0.2) is 0 Å². The third kappa shape index (κ3) is 4.67. The molecule has 2 aromatic rings. The SMILES string of the molecule is O=C(CN1CCN(C(=O)CC2CCCCC2)CC1)Nc1cccc2nsnc12. The van der Waals surface area contributed by atoms with E-state index < -0.39 is 0 Å². The molecule has 0 bridgehead atoms. The maximum absolute atomic E-state index is 12.6. The van der Waals surface area contributed by atoms with Crippen LogP contribution in [0.2, 0.25) is 0 Å². The lowest BCUT2D eigenvalue weighted by Crippen LogP contribution is -2.50. The lowest BCUT2D eigenvalue weighted by molar-refractivity contribution is -0.134. The topological polar surface area (TPSA) is 78.4 Å². The van der Waals surface area contributed by atoms with E-state index in [1.54, 1.807) is 0 Å². The molecule has 1 aliphatic carbocycles. The number of anilines is 1. The van der Waals surface area contributed by atoms with Crippen LogP contribution in [0.15, 0.2) is 18.2 Å². The number of carbonyl (C=O) groups excluding carboxylic acids is 2. The van der Waals surface area contributed by atoms with Crippen molar-refractivity contribution in [1.82, 2.24) is 18.5 Å². The summed E-state index contributed by atoms with van der Waals surface area (Å²) in [5.74, 6) is 0.814. The fourth-order valence-corrected chi connectivity index (χ4v) is 4.77. The molecule has 0 radical (unpaired) electrons. The summed E-state index contributed by atoms with van der Waals surface area (Å²) >= 11 is 1.15. The predicted molar refractivity (Wildman–Crippen MR) is 110 cm³/mol. The molecule has 7 nitrogen and oxygen atoms in total. The number of nitrogens with zero attached hydrogens (tertiary/aromatic N) is 4. The fourth-order valence-electron chi connectivity index (χ4n) is 4.22. The standard InChI is InChI=1S/C20H27N5O2S/c26-18(21-16-7-4-8-17-20(16)23-28-22-17)14-24-9-11-25(12-10-24)19(27)13-15-5-2-1-3-6-15/h4,7-8,15H,1-3,5-6,9-14H2,(H,21,26). The minimum atomic E-state index is -0.0533. The Kier molecular flexibility index (Phi) is 6.17. The number of rotatable bonds is 5. The van der Waals surface area contributed by atoms with Crippen molar-refractivity contribution in [2.45, 2.75) is 38.5 Å². The summed E-state index contributed by atoms with van der Waals surface area (Å²) in [4.78, 5) is 29.1. The van der Waals surface area contributed by atoms with Gasteiger partial charge in [0.05, 0.1) is 24.0 Å². The molecule has 2 fully saturated rings. The Morgan fingerprint density at radius 3 is 2.64 bits per heavy atom. The molecule has 1 aromatic carbocycles. The van der Waals surface area contributed by atoms with Crippen molar-refractivity contribution in [3.63, 3.8) is 0 Å². The molecule has 1 aliphatic heterocycles. The Morgan fingerprint density at radius 1 is 1.07 bits per heavy atom. The van der Waals surface area contributed by atoms with Crippen LogP contribution in [0.25, 0.3) is 11.0 Å². The maximum atomic E-state index is 12.6. The van der Waals surface area contributed by atoms with E-state index in [0.29, 0.717) is 43.6 Å². The molecule has 1 aromatic heterocycles. The quantitative estimate of drug-likeness (QED) is 0.833. The fraction of sp³-hybridized carbons (Fsp3) is 0.600. The van der Waals surface area contributed by atoms with Crippen molar-refractivity contribution >= 4 is 40.3 Å². The highest BCUT2D eigenvalue weighted by Crippen LogP contribution is 2.27. The molecular formula is C20H27N5O2S. The predicted octanol–water partition coefficient (Wildman–Crippen LogP) is 2.74. The van der Waals surface area contributed by atoms with E-state index in [4.69, 9.17) is 0 Å². The molecule has 1 N–H and O–H groups in total. The van der Waals surface area contributed by atoms with Crippen LogP contribution >= 0.6 is 11.7 Å². The Labute approximate surface area is 169 Å². The first-order chi connectivity index (χ1) is 13.7. The summed E-state index contributed by atoms with van der Waals surface area (Å²) in [5.41, 5.74) is 2.24. The first-order valence-corrected chi connectivity index (χ1v) is 10.9. The van der Waals surface area contributed by atoms with Crippen molar-refractivity contribution in [1.29, 1.82) is 0 Å². The molecule has 1 saturated heterocycles. The van der Waals surface area contributed by atoms with Gasteiger partial charge in [0.25, 0.3) is 0 Å². The van der Waals surface area contributed by atoms with Gasteiger partial charge in [0.15, 0.2) is 0 Å². The first-order valence-electron chi connectivity index (χ1n) is 10.2. The van der Waals surface area contributed by atoms with Crippen LogP contribution in [0, 0.1) is 5.92 Å². The number of fused-ring (bicyclic) bond motifs is 1. The summed E-state index contributed by atoms with van der Waals surface area (Å²) in [5, 5.41) is 2.95. The van der Waals surface area contributed by atoms with E-state index in [2.05, 4.69) is 19.0 Å². The molecule has 2 heterocycles. The molecule has 8 heteroatoms. The van der Waals surface area contributed by atoms with E-state index >= 15 is 0 Å². The molecule has 150 valence electrons. The minimum Gasteiger partial charge on any atom is -0.340 e. The van der Waals surface area contributed by atoms with Crippen molar-refractivity contribution < 1.29 is 9.59 Å². The molecule has 1 saturated carbocycles. The number of carbonyl (C=O) groups is 2. The first kappa shape index (κ1) is 19.3. The van der Waals surface area contributed by atoms with Crippen molar-refractivity contribution in [2.75, 3.05) is 38.0 Å². The molecule has 4 rings (SSSR count). The Hall–Kier alpha value is -2.06. The van der Waals surface area contributed by atoms with Crippen molar-refractivity contribution in [2.24, 2.45) is 5.92 Å². The van der Waals surface area contributed by atoms with Gasteiger partial charge in [0.1, 0.15) is 11.0 Å². The summed E-state index contributed by atoms with van der Waals surface area (Å²) in [6.07, 6.45) is 6.96. The lowest BCUT2D eigenvalue weighted by atomic mass is 9.86. The van der Waals surface area contributed by atoms with Gasteiger partial charge in [0.2, 0.25) is 11.8 Å². The number of hydrogen-bond donors (Lipinski definition) is 1. The number of aromatic nitrogens is 2. The molecule has 2 amide bonds. The molecular weight excluding hydrogens is 374 g/mol. The second-order valence-corrected chi connectivity index (χ2v) is 8.38. The summed E-state index contributed by atoms with van der Waals surface area (Å²) in [7, 11) is 0. The Bertz CT molecular complexity index is 825. The summed E-state index contributed by atoms with van der Waals surface area (Å²) in [6, 6.07) is 5.61. The normalized spacial score (nSPS) is 19.1. The number of amides is 2. The minimum absolute atomic E-state index is 0.0533. The second kappa shape index (κ2) is 8.96. The Balaban J connectivity index is 1.23. The highest BCUT2D eigenvalue weighted by atomic mass is 32.1. The lowest BCUT2D eigenvalue weighted by Gasteiger charge is -2.35. The van der Waals surface area contributed by atoms with Crippen LogP contribution in [0.3, 0.4) is 0 Å². The van der Waals surface area contributed by atoms with Crippen molar-refractivity contribution in [3.05, 3.63) is 18.2 Å². The molecule has 0 atom stereocenters. The van der Waals surface area contributed by atoms with Gasteiger partial charge < -0.3 is 10.2 Å². The van der Waals surface area contributed by atoms with Gasteiger partial charge >= 0.3 is 0 Å². The van der Waals surface area contributed by atoms with Gasteiger partial charge in [-0.05, 0) is 30.9 Å². The van der Waals surface area contributed by atoms with Gasteiger partial charge in [-0.2, -0.15) is 8.75 Å². The van der Waals surface area contributed by atoms with Crippen LogP contribution < -0.4 is 5.32 Å². The van der Waals surface area contributed by atoms with E-state index in [1.165, 1.54) is 32.1 Å². The highest BCUT2D eigenvalue weighted by molar-refractivity contribution is 7.00. The van der Waals surface area contributed by atoms with Gasteiger partial charge in [-0.3, -0.25) is 14.5 Å². The second-order valence-electron chi connectivity index (χ2n) is 7.85. The number of hydrogen-bond acceptors (Lipinski definition) is 6. The summed E-state index contributed by atoms with van der Waals surface area (Å²) < 4.78 is 8.45. The van der Waals surface area contributed by atoms with Crippen LogP contribution in [-0.2, 0) is 9.59 Å². The zero-order valence-electron chi connectivity index (χ0n) is 16.1. The molecule has 28 heavy (non-hydrogen) atoms. The summed E-state index contributed by atoms with van der Waals surface area (Å²) in [6.45, 7) is 3.24. The molecule has 0 spiro atoms. The smallest absolute Gasteiger partial charge is 0.238 e. The van der Waals surface area contributed by atoms with E-state index in [9.17, 15) is 9.59 Å². The van der Waals surface area contributed by atoms with Crippen LogP contribution in [-0.4, -0.2) is 63.1 Å². The molecule has 2 aliphatic rings. The third-order valence-corrected chi connectivity index (χ3v) is 6.38. The zero-order chi connectivity index (χ0) is 19.3. The average molecular weight is 402 g/mol. The van der Waals surface area contributed by atoms with E-state index in [1.807, 2.05) is 23.1 Å². The van der Waals surface area contributed by atoms with E-state index in [0.717, 1.165) is 35.9 Å². The van der Waals surface area contributed by atoms with Crippen molar-refractivity contribution in [3.8, 4) is 0 Å². The maximum Gasteiger partial charge on any atom is 0.238 e. The monoisotopic (exact) mass is 401 g/mol.